The summed E-state index contributed by atoms with van der Waals surface area (Å²) in [5.41, 5.74) is 6.20. The van der Waals surface area contributed by atoms with Gasteiger partial charge in [-0.2, -0.15) is 0 Å². The molecule has 0 heterocycles. The number of nitrogens with one attached hydrogen (secondary N) is 1. The van der Waals surface area contributed by atoms with E-state index in [4.69, 9.17) is 17.3 Å². The maximum Gasteiger partial charge on any atom is 0.248 e. The first-order chi connectivity index (χ1) is 10.6. The Bertz CT molecular complexity index is 674. The number of rotatable bonds is 6. The number of carbonyl (C=O) groups is 2. The third kappa shape index (κ3) is 4.79. The van der Waals surface area contributed by atoms with Crippen molar-refractivity contribution in [2.75, 3.05) is 11.1 Å². The van der Waals surface area contributed by atoms with Gasteiger partial charge >= 0.3 is 0 Å². The number of nitrogens with two attached hydrogens (primary N) is 1. The van der Waals surface area contributed by atoms with Gasteiger partial charge in [-0.15, -0.1) is 11.8 Å². The number of primary amides is 1. The lowest BCUT2D eigenvalue weighted by Gasteiger charge is -2.06. The molecule has 0 saturated carbocycles. The Labute approximate surface area is 138 Å². The highest BCUT2D eigenvalue weighted by Gasteiger charge is 2.06. The van der Waals surface area contributed by atoms with E-state index in [0.717, 1.165) is 4.90 Å². The van der Waals surface area contributed by atoms with Crippen LogP contribution in [0.3, 0.4) is 0 Å². The number of benzene rings is 2. The van der Waals surface area contributed by atoms with Gasteiger partial charge in [0.05, 0.1) is 5.02 Å². The lowest BCUT2D eigenvalue weighted by molar-refractivity contribution is -0.115. The van der Waals surface area contributed by atoms with Gasteiger partial charge in [0, 0.05) is 28.3 Å². The fraction of sp³-hybridized carbons (Fsp3) is 0.125. The summed E-state index contributed by atoms with van der Waals surface area (Å²) in [4.78, 5) is 23.8. The van der Waals surface area contributed by atoms with E-state index >= 15 is 0 Å². The zero-order chi connectivity index (χ0) is 15.9. The van der Waals surface area contributed by atoms with Crippen LogP contribution in [0.2, 0.25) is 5.02 Å². The van der Waals surface area contributed by atoms with E-state index in [0.29, 0.717) is 28.4 Å². The lowest BCUT2D eigenvalue weighted by Crippen LogP contribution is -2.13. The average molecular weight is 335 g/mol. The molecule has 2 rings (SSSR count). The molecule has 2 amide bonds. The van der Waals surface area contributed by atoms with Crippen molar-refractivity contribution in [3.63, 3.8) is 0 Å². The van der Waals surface area contributed by atoms with Crippen molar-refractivity contribution in [1.82, 2.24) is 0 Å². The topological polar surface area (TPSA) is 72.2 Å². The fourth-order valence-corrected chi connectivity index (χ4v) is 2.94. The highest BCUT2D eigenvalue weighted by Crippen LogP contribution is 2.27. The Morgan fingerprint density at radius 1 is 1.09 bits per heavy atom. The molecule has 0 aromatic heterocycles. The van der Waals surface area contributed by atoms with Crippen LogP contribution < -0.4 is 11.1 Å². The highest BCUT2D eigenvalue weighted by molar-refractivity contribution is 7.99. The van der Waals surface area contributed by atoms with Gasteiger partial charge in [0.1, 0.15) is 0 Å². The number of amides is 2. The Balaban J connectivity index is 1.80. The minimum absolute atomic E-state index is 0.0913. The maximum absolute atomic E-state index is 11.9. The molecule has 0 radical (unpaired) electrons. The molecule has 4 nitrogen and oxygen atoms in total. The first kappa shape index (κ1) is 16.4. The molecule has 0 saturated heterocycles. The molecular formula is C16H15ClN2O2S. The minimum atomic E-state index is -0.492. The second-order valence-corrected chi connectivity index (χ2v) is 6.06. The number of anilines is 1. The van der Waals surface area contributed by atoms with Crippen molar-refractivity contribution in [2.45, 2.75) is 11.3 Å². The summed E-state index contributed by atoms with van der Waals surface area (Å²) in [6.07, 6.45) is 0.369. The molecule has 0 unspecified atom stereocenters. The van der Waals surface area contributed by atoms with E-state index in [2.05, 4.69) is 5.32 Å². The maximum atomic E-state index is 11.9. The van der Waals surface area contributed by atoms with Crippen LogP contribution in [-0.4, -0.2) is 17.6 Å². The van der Waals surface area contributed by atoms with Gasteiger partial charge in [0.2, 0.25) is 11.8 Å². The van der Waals surface area contributed by atoms with Crippen LogP contribution in [0.1, 0.15) is 16.8 Å². The molecule has 0 aliphatic carbocycles. The smallest absolute Gasteiger partial charge is 0.248 e. The number of hydrogen-bond donors (Lipinski definition) is 2. The van der Waals surface area contributed by atoms with Crippen LogP contribution in [0, 0.1) is 0 Å². The molecule has 2 aromatic rings. The van der Waals surface area contributed by atoms with Crippen LogP contribution in [0.4, 0.5) is 5.69 Å². The van der Waals surface area contributed by atoms with Gasteiger partial charge in [-0.3, -0.25) is 9.59 Å². The van der Waals surface area contributed by atoms with E-state index in [1.807, 2.05) is 24.3 Å². The van der Waals surface area contributed by atoms with Crippen molar-refractivity contribution < 1.29 is 9.59 Å². The largest absolute Gasteiger partial charge is 0.366 e. The average Bonchev–Trinajstić information content (AvgIpc) is 2.50. The van der Waals surface area contributed by atoms with Crippen LogP contribution in [-0.2, 0) is 4.79 Å². The fourth-order valence-electron chi connectivity index (χ4n) is 1.76. The van der Waals surface area contributed by atoms with Crippen molar-refractivity contribution in [3.8, 4) is 0 Å². The zero-order valence-electron chi connectivity index (χ0n) is 11.7. The molecule has 0 atom stereocenters. The van der Waals surface area contributed by atoms with Gasteiger partial charge in [-0.1, -0.05) is 23.7 Å². The molecule has 2 aromatic carbocycles. The van der Waals surface area contributed by atoms with Crippen LogP contribution in [0.15, 0.2) is 53.4 Å². The van der Waals surface area contributed by atoms with Crippen LogP contribution >= 0.6 is 23.4 Å². The SMILES string of the molecule is NC(=O)c1ccc(NC(=O)CCSc2ccccc2Cl)cc1. The van der Waals surface area contributed by atoms with E-state index < -0.39 is 5.91 Å². The Hall–Kier alpha value is -1.98. The first-order valence-corrected chi connectivity index (χ1v) is 7.99. The molecule has 114 valence electrons. The summed E-state index contributed by atoms with van der Waals surface area (Å²) >= 11 is 7.59. The van der Waals surface area contributed by atoms with Crippen molar-refractivity contribution >= 4 is 40.9 Å². The Morgan fingerprint density at radius 3 is 2.41 bits per heavy atom. The molecule has 22 heavy (non-hydrogen) atoms. The second-order valence-electron chi connectivity index (χ2n) is 4.52. The number of hydrogen-bond acceptors (Lipinski definition) is 3. The first-order valence-electron chi connectivity index (χ1n) is 6.63. The summed E-state index contributed by atoms with van der Waals surface area (Å²) < 4.78 is 0. The van der Waals surface area contributed by atoms with Crippen molar-refractivity contribution in [3.05, 3.63) is 59.1 Å². The number of carbonyl (C=O) groups excluding carboxylic acids is 2. The van der Waals surface area contributed by atoms with Crippen molar-refractivity contribution in [2.24, 2.45) is 5.73 Å². The third-order valence-corrected chi connectivity index (χ3v) is 4.39. The van der Waals surface area contributed by atoms with Crippen LogP contribution in [0.25, 0.3) is 0 Å². The third-order valence-electron chi connectivity index (χ3n) is 2.88. The second kappa shape index (κ2) is 7.87. The molecule has 0 fully saturated rings. The molecule has 0 aliphatic rings. The van der Waals surface area contributed by atoms with Gasteiger partial charge in [-0.05, 0) is 36.4 Å². The Kier molecular flexibility index (Phi) is 5.86. The summed E-state index contributed by atoms with van der Waals surface area (Å²) in [6, 6.07) is 14.0. The Morgan fingerprint density at radius 2 is 1.77 bits per heavy atom. The molecule has 3 N–H and O–H groups in total. The molecule has 0 spiro atoms. The zero-order valence-corrected chi connectivity index (χ0v) is 13.3. The monoisotopic (exact) mass is 334 g/mol. The van der Waals surface area contributed by atoms with Crippen LogP contribution in [0.5, 0.6) is 0 Å². The normalized spacial score (nSPS) is 10.2. The van der Waals surface area contributed by atoms with E-state index in [9.17, 15) is 9.59 Å². The number of thioether (sulfide) groups is 1. The summed E-state index contributed by atoms with van der Waals surface area (Å²) in [5.74, 6) is 0.0509. The molecular weight excluding hydrogens is 320 g/mol. The standard InChI is InChI=1S/C16H15ClN2O2S/c17-13-3-1-2-4-14(13)22-10-9-15(20)19-12-7-5-11(6-8-12)16(18)21/h1-8H,9-10H2,(H2,18,21)(H,19,20). The van der Waals surface area contributed by atoms with Gasteiger partial charge in [0.15, 0.2) is 0 Å². The van der Waals surface area contributed by atoms with Gasteiger partial charge in [0.25, 0.3) is 0 Å². The van der Waals surface area contributed by atoms with Crippen molar-refractivity contribution in [1.29, 1.82) is 0 Å². The molecule has 6 heteroatoms. The summed E-state index contributed by atoms with van der Waals surface area (Å²) in [6.45, 7) is 0. The summed E-state index contributed by atoms with van der Waals surface area (Å²) in [7, 11) is 0. The van der Waals surface area contributed by atoms with Gasteiger partial charge in [-0.25, -0.2) is 0 Å². The lowest BCUT2D eigenvalue weighted by atomic mass is 10.2. The van der Waals surface area contributed by atoms with E-state index in [1.54, 1.807) is 24.3 Å². The van der Waals surface area contributed by atoms with E-state index in [1.165, 1.54) is 11.8 Å². The van der Waals surface area contributed by atoms with E-state index in [-0.39, 0.29) is 5.91 Å². The number of halogens is 1. The predicted molar refractivity (Wildman–Crippen MR) is 90.4 cm³/mol. The van der Waals surface area contributed by atoms with Gasteiger partial charge < -0.3 is 11.1 Å². The predicted octanol–water partition coefficient (Wildman–Crippen LogP) is 3.56. The minimum Gasteiger partial charge on any atom is -0.366 e. The molecule has 0 aliphatic heterocycles. The summed E-state index contributed by atoms with van der Waals surface area (Å²) in [5, 5.41) is 3.46. The molecule has 0 bridgehead atoms. The highest BCUT2D eigenvalue weighted by atomic mass is 35.5. The quantitative estimate of drug-likeness (QED) is 0.793.